The zero-order chi connectivity index (χ0) is 10.9. The number of hydrogen-bond donors (Lipinski definition) is 2. The van der Waals surface area contributed by atoms with Crippen LogP contribution in [0.3, 0.4) is 0 Å². The second kappa shape index (κ2) is 7.00. The molecule has 1 aromatic heterocycles. The first-order valence-electron chi connectivity index (χ1n) is 5.14. The van der Waals surface area contributed by atoms with Crippen LogP contribution in [0.1, 0.15) is 25.5 Å². The van der Waals surface area contributed by atoms with Crippen LogP contribution in [0.2, 0.25) is 0 Å². The van der Waals surface area contributed by atoms with Crippen LogP contribution in [0.15, 0.2) is 12.5 Å². The van der Waals surface area contributed by atoms with Crippen molar-refractivity contribution < 1.29 is 9.53 Å². The highest BCUT2D eigenvalue weighted by Crippen LogP contribution is 1.93. The van der Waals surface area contributed by atoms with Crippen LogP contribution >= 0.6 is 0 Å². The van der Waals surface area contributed by atoms with E-state index in [-0.39, 0.29) is 5.91 Å². The first-order chi connectivity index (χ1) is 7.33. The van der Waals surface area contributed by atoms with Gasteiger partial charge in [0.1, 0.15) is 0 Å². The minimum atomic E-state index is 0.0457. The molecule has 0 saturated heterocycles. The fraction of sp³-hybridized carbons (Fsp3) is 0.600. The first kappa shape index (κ1) is 11.7. The molecule has 0 bridgehead atoms. The largest absolute Gasteiger partial charge is 0.382 e. The molecule has 0 aliphatic rings. The summed E-state index contributed by atoms with van der Waals surface area (Å²) in [5.74, 6) is 0.0457. The second-order valence-electron chi connectivity index (χ2n) is 3.15. The van der Waals surface area contributed by atoms with Gasteiger partial charge in [0.2, 0.25) is 5.91 Å². The monoisotopic (exact) mass is 211 g/mol. The Morgan fingerprint density at radius 3 is 3.20 bits per heavy atom. The minimum Gasteiger partial charge on any atom is -0.382 e. The van der Waals surface area contributed by atoms with E-state index in [4.69, 9.17) is 4.74 Å². The maximum absolute atomic E-state index is 11.3. The molecule has 15 heavy (non-hydrogen) atoms. The number of carbonyl (C=O) groups is 1. The van der Waals surface area contributed by atoms with Gasteiger partial charge in [-0.3, -0.25) is 4.79 Å². The summed E-state index contributed by atoms with van der Waals surface area (Å²) in [6.45, 7) is 3.80. The Morgan fingerprint density at radius 1 is 1.67 bits per heavy atom. The highest BCUT2D eigenvalue weighted by molar-refractivity contribution is 5.75. The van der Waals surface area contributed by atoms with Gasteiger partial charge in [0.15, 0.2) is 0 Å². The van der Waals surface area contributed by atoms with Gasteiger partial charge in [-0.15, -0.1) is 0 Å². The van der Waals surface area contributed by atoms with E-state index in [1.807, 2.05) is 6.92 Å². The maximum Gasteiger partial charge on any atom is 0.220 e. The molecule has 0 aromatic carbocycles. The number of imidazole rings is 1. The van der Waals surface area contributed by atoms with Gasteiger partial charge in [0, 0.05) is 25.8 Å². The lowest BCUT2D eigenvalue weighted by molar-refractivity contribution is -0.121. The molecule has 84 valence electrons. The maximum atomic E-state index is 11.3. The summed E-state index contributed by atoms with van der Waals surface area (Å²) >= 11 is 0. The van der Waals surface area contributed by atoms with Gasteiger partial charge in [-0.1, -0.05) is 0 Å². The molecule has 5 nitrogen and oxygen atoms in total. The van der Waals surface area contributed by atoms with Crippen molar-refractivity contribution in [1.29, 1.82) is 0 Å². The zero-order valence-electron chi connectivity index (χ0n) is 8.95. The lowest BCUT2D eigenvalue weighted by Crippen LogP contribution is -2.22. The van der Waals surface area contributed by atoms with Gasteiger partial charge in [0.25, 0.3) is 0 Å². The lowest BCUT2D eigenvalue weighted by Gasteiger charge is -2.03. The summed E-state index contributed by atoms with van der Waals surface area (Å²) in [7, 11) is 0. The van der Waals surface area contributed by atoms with Crippen molar-refractivity contribution in [3.63, 3.8) is 0 Å². The summed E-state index contributed by atoms with van der Waals surface area (Å²) in [4.78, 5) is 18.1. The highest BCUT2D eigenvalue weighted by atomic mass is 16.5. The number of nitrogens with one attached hydrogen (secondary N) is 2. The lowest BCUT2D eigenvalue weighted by atomic mass is 10.3. The molecule has 0 spiro atoms. The van der Waals surface area contributed by atoms with Crippen molar-refractivity contribution in [2.45, 2.75) is 26.3 Å². The first-order valence-corrected chi connectivity index (χ1v) is 5.14. The molecular formula is C10H17N3O2. The van der Waals surface area contributed by atoms with Crippen molar-refractivity contribution >= 4 is 5.91 Å². The van der Waals surface area contributed by atoms with E-state index in [0.717, 1.165) is 12.1 Å². The predicted molar refractivity (Wildman–Crippen MR) is 56.2 cm³/mol. The van der Waals surface area contributed by atoms with E-state index in [2.05, 4.69) is 15.3 Å². The third-order valence-corrected chi connectivity index (χ3v) is 1.93. The molecule has 1 aromatic rings. The molecule has 2 N–H and O–H groups in total. The number of hydrogen-bond acceptors (Lipinski definition) is 3. The SMILES string of the molecule is CCOCCCC(=O)NCc1cnc[nH]1. The number of rotatable bonds is 7. The fourth-order valence-electron chi connectivity index (χ4n) is 1.14. The molecule has 0 fully saturated rings. The van der Waals surface area contributed by atoms with Crippen LogP contribution in [-0.2, 0) is 16.1 Å². The molecule has 0 aliphatic heterocycles. The number of amides is 1. The van der Waals surface area contributed by atoms with Crippen LogP contribution in [0.5, 0.6) is 0 Å². The van der Waals surface area contributed by atoms with E-state index >= 15 is 0 Å². The number of nitrogens with zero attached hydrogens (tertiary/aromatic N) is 1. The Bertz CT molecular complexity index is 272. The quantitative estimate of drug-likeness (QED) is 0.657. The smallest absolute Gasteiger partial charge is 0.220 e. The molecule has 1 heterocycles. The van der Waals surface area contributed by atoms with Gasteiger partial charge in [0.05, 0.1) is 18.6 Å². The standard InChI is InChI=1S/C10H17N3O2/c1-2-15-5-3-4-10(14)12-7-9-6-11-8-13-9/h6,8H,2-5,7H2,1H3,(H,11,13)(H,12,14). The van der Waals surface area contributed by atoms with Gasteiger partial charge in [-0.05, 0) is 13.3 Å². The van der Waals surface area contributed by atoms with Gasteiger partial charge < -0.3 is 15.0 Å². The Hall–Kier alpha value is -1.36. The molecule has 1 amide bonds. The highest BCUT2D eigenvalue weighted by Gasteiger charge is 2.01. The second-order valence-corrected chi connectivity index (χ2v) is 3.15. The average Bonchev–Trinajstić information content (AvgIpc) is 2.74. The number of H-pyrrole nitrogens is 1. The van der Waals surface area contributed by atoms with Crippen molar-refractivity contribution in [1.82, 2.24) is 15.3 Å². The van der Waals surface area contributed by atoms with E-state index < -0.39 is 0 Å². The third-order valence-electron chi connectivity index (χ3n) is 1.93. The molecular weight excluding hydrogens is 194 g/mol. The number of ether oxygens (including phenoxy) is 1. The third kappa shape index (κ3) is 5.17. The topological polar surface area (TPSA) is 67.0 Å². The summed E-state index contributed by atoms with van der Waals surface area (Å²) in [5.41, 5.74) is 0.910. The van der Waals surface area contributed by atoms with E-state index in [1.165, 1.54) is 0 Å². The van der Waals surface area contributed by atoms with Crippen molar-refractivity contribution in [3.05, 3.63) is 18.2 Å². The van der Waals surface area contributed by atoms with E-state index in [1.54, 1.807) is 12.5 Å². The molecule has 0 atom stereocenters. The van der Waals surface area contributed by atoms with Crippen LogP contribution < -0.4 is 5.32 Å². The Labute approximate surface area is 89.2 Å². The predicted octanol–water partition coefficient (Wildman–Crippen LogP) is 0.843. The van der Waals surface area contributed by atoms with Crippen molar-refractivity contribution in [3.8, 4) is 0 Å². The van der Waals surface area contributed by atoms with Crippen molar-refractivity contribution in [2.75, 3.05) is 13.2 Å². The van der Waals surface area contributed by atoms with Crippen molar-refractivity contribution in [2.24, 2.45) is 0 Å². The summed E-state index contributed by atoms with van der Waals surface area (Å²) in [5, 5.41) is 2.80. The van der Waals surface area contributed by atoms with Gasteiger partial charge in [-0.2, -0.15) is 0 Å². The molecule has 0 aliphatic carbocycles. The molecule has 0 saturated carbocycles. The number of aromatic nitrogens is 2. The molecule has 0 radical (unpaired) electrons. The van der Waals surface area contributed by atoms with Crippen LogP contribution in [-0.4, -0.2) is 29.1 Å². The molecule has 5 heteroatoms. The van der Waals surface area contributed by atoms with Gasteiger partial charge >= 0.3 is 0 Å². The Kier molecular flexibility index (Phi) is 5.47. The van der Waals surface area contributed by atoms with E-state index in [0.29, 0.717) is 26.2 Å². The number of aromatic amines is 1. The Balaban J connectivity index is 2.04. The summed E-state index contributed by atoms with van der Waals surface area (Å²) in [6, 6.07) is 0. The average molecular weight is 211 g/mol. The summed E-state index contributed by atoms with van der Waals surface area (Å²) < 4.78 is 5.14. The number of carbonyl (C=O) groups excluding carboxylic acids is 1. The normalized spacial score (nSPS) is 10.2. The molecule has 1 rings (SSSR count). The molecule has 0 unspecified atom stereocenters. The van der Waals surface area contributed by atoms with Gasteiger partial charge in [-0.25, -0.2) is 4.98 Å². The van der Waals surface area contributed by atoms with Crippen LogP contribution in [0.4, 0.5) is 0 Å². The van der Waals surface area contributed by atoms with E-state index in [9.17, 15) is 4.79 Å². The zero-order valence-corrected chi connectivity index (χ0v) is 8.95. The Morgan fingerprint density at radius 2 is 2.53 bits per heavy atom. The fourth-order valence-corrected chi connectivity index (χ4v) is 1.14. The van der Waals surface area contributed by atoms with Crippen LogP contribution in [0.25, 0.3) is 0 Å². The minimum absolute atomic E-state index is 0.0457. The van der Waals surface area contributed by atoms with Crippen LogP contribution in [0, 0.1) is 0 Å². The summed E-state index contributed by atoms with van der Waals surface area (Å²) in [6.07, 6.45) is 4.56.